The maximum Gasteiger partial charge on any atom is 0.272 e. The van der Waals surface area contributed by atoms with Crippen molar-refractivity contribution in [3.63, 3.8) is 0 Å². The lowest BCUT2D eigenvalue weighted by molar-refractivity contribution is -0.142. The number of piperazine rings is 1. The zero-order valence-electron chi connectivity index (χ0n) is 16.9. The second kappa shape index (κ2) is 8.14. The van der Waals surface area contributed by atoms with Gasteiger partial charge < -0.3 is 19.3 Å². The van der Waals surface area contributed by atoms with Crippen molar-refractivity contribution in [3.05, 3.63) is 72.8 Å². The van der Waals surface area contributed by atoms with Gasteiger partial charge in [-0.15, -0.1) is 0 Å². The van der Waals surface area contributed by atoms with Crippen LogP contribution in [0, 0.1) is 0 Å². The largest absolute Gasteiger partial charge is 0.485 e. The lowest BCUT2D eigenvalue weighted by Gasteiger charge is -2.37. The summed E-state index contributed by atoms with van der Waals surface area (Å²) in [6, 6.07) is 17.0. The first kappa shape index (κ1) is 19.2. The molecule has 8 nitrogen and oxygen atoms in total. The minimum Gasteiger partial charge on any atom is -0.485 e. The van der Waals surface area contributed by atoms with Crippen LogP contribution in [0.2, 0.25) is 0 Å². The van der Waals surface area contributed by atoms with Gasteiger partial charge in [-0.05, 0) is 24.3 Å². The van der Waals surface area contributed by atoms with Crippen molar-refractivity contribution >= 4 is 11.8 Å². The third-order valence-corrected chi connectivity index (χ3v) is 5.55. The molecule has 0 radical (unpaired) electrons. The Morgan fingerprint density at radius 2 is 1.55 bits per heavy atom. The fourth-order valence-electron chi connectivity index (χ4n) is 3.88. The van der Waals surface area contributed by atoms with Crippen LogP contribution in [0.3, 0.4) is 0 Å². The van der Waals surface area contributed by atoms with Crippen LogP contribution >= 0.6 is 0 Å². The van der Waals surface area contributed by atoms with Gasteiger partial charge in [-0.25, -0.2) is 4.98 Å². The molecular weight excluding hydrogens is 396 g/mol. The molecule has 8 heteroatoms. The molecule has 1 saturated heterocycles. The molecule has 1 atom stereocenters. The van der Waals surface area contributed by atoms with Gasteiger partial charge in [-0.1, -0.05) is 30.3 Å². The first-order chi connectivity index (χ1) is 15.2. The van der Waals surface area contributed by atoms with Crippen LogP contribution < -0.4 is 9.47 Å². The smallest absolute Gasteiger partial charge is 0.272 e. The third-order valence-electron chi connectivity index (χ3n) is 5.55. The molecular formula is C23H22N4O4. The number of fused-ring (bicyclic) bond motifs is 1. The second-order valence-corrected chi connectivity index (χ2v) is 7.47. The average molecular weight is 418 g/mol. The Morgan fingerprint density at radius 1 is 0.871 bits per heavy atom. The highest BCUT2D eigenvalue weighted by molar-refractivity contribution is 5.93. The fraction of sp³-hybridized carbons (Fsp3) is 0.261. The molecule has 0 aliphatic carbocycles. The first-order valence-electron chi connectivity index (χ1n) is 10.2. The SMILES string of the molecule is O=C(c1cncn1-c1ccccc1)N1CCN(C(=O)C2COc3ccccc3O2)CC1. The van der Waals surface area contributed by atoms with Gasteiger partial charge in [0, 0.05) is 31.9 Å². The number of carbonyl (C=O) groups is 2. The predicted octanol–water partition coefficient (Wildman–Crippen LogP) is 2.00. The summed E-state index contributed by atoms with van der Waals surface area (Å²) in [6.07, 6.45) is 2.55. The number of aromatic nitrogens is 2. The number of nitrogens with zero attached hydrogens (tertiary/aromatic N) is 4. The monoisotopic (exact) mass is 418 g/mol. The molecule has 2 amide bonds. The van der Waals surface area contributed by atoms with Gasteiger partial charge >= 0.3 is 0 Å². The molecule has 0 bridgehead atoms. The van der Waals surface area contributed by atoms with Crippen LogP contribution in [0.25, 0.3) is 5.69 Å². The Balaban J connectivity index is 1.22. The Labute approximate surface area is 179 Å². The lowest BCUT2D eigenvalue weighted by atomic mass is 10.2. The first-order valence-corrected chi connectivity index (χ1v) is 10.2. The van der Waals surface area contributed by atoms with Crippen LogP contribution in [-0.4, -0.2) is 70.1 Å². The highest BCUT2D eigenvalue weighted by Crippen LogP contribution is 2.31. The number of para-hydroxylation sites is 3. The van der Waals surface area contributed by atoms with Gasteiger partial charge in [0.05, 0.1) is 12.5 Å². The van der Waals surface area contributed by atoms with E-state index in [0.29, 0.717) is 43.4 Å². The molecule has 3 aromatic rings. The summed E-state index contributed by atoms with van der Waals surface area (Å²) < 4.78 is 13.3. The minimum atomic E-state index is -0.670. The van der Waals surface area contributed by atoms with Gasteiger partial charge in [-0.3, -0.25) is 14.2 Å². The number of benzene rings is 2. The summed E-state index contributed by atoms with van der Waals surface area (Å²) in [5, 5.41) is 0. The molecule has 2 aliphatic heterocycles. The van der Waals surface area contributed by atoms with E-state index in [1.807, 2.05) is 48.5 Å². The topological polar surface area (TPSA) is 76.9 Å². The van der Waals surface area contributed by atoms with Gasteiger partial charge in [-0.2, -0.15) is 0 Å². The highest BCUT2D eigenvalue weighted by Gasteiger charge is 2.34. The Bertz CT molecular complexity index is 1090. The maximum absolute atomic E-state index is 13.1. The Morgan fingerprint density at radius 3 is 2.32 bits per heavy atom. The van der Waals surface area contributed by atoms with Crippen molar-refractivity contribution in [2.45, 2.75) is 6.10 Å². The minimum absolute atomic E-state index is 0.0976. The third kappa shape index (κ3) is 3.72. The Kier molecular flexibility index (Phi) is 5.03. The standard InChI is InChI=1S/C23H22N4O4/c28-22(18-14-24-16-27(18)17-6-2-1-3-7-17)25-10-12-26(13-11-25)23(29)21-15-30-19-8-4-5-9-20(19)31-21/h1-9,14,16,21H,10-13,15H2. The van der Waals surface area contributed by atoms with E-state index in [9.17, 15) is 9.59 Å². The van der Waals surface area contributed by atoms with E-state index in [1.54, 1.807) is 33.0 Å². The highest BCUT2D eigenvalue weighted by atomic mass is 16.6. The van der Waals surface area contributed by atoms with Gasteiger partial charge in [0.2, 0.25) is 6.10 Å². The van der Waals surface area contributed by atoms with Crippen LogP contribution in [0.15, 0.2) is 67.1 Å². The summed E-state index contributed by atoms with van der Waals surface area (Å²) in [6.45, 7) is 1.99. The molecule has 31 heavy (non-hydrogen) atoms. The molecule has 2 aliphatic rings. The maximum atomic E-state index is 13.1. The summed E-state index contributed by atoms with van der Waals surface area (Å²) in [5.74, 6) is 1.02. The number of ether oxygens (including phenoxy) is 2. The van der Waals surface area contributed by atoms with Crippen molar-refractivity contribution in [3.8, 4) is 17.2 Å². The fourth-order valence-corrected chi connectivity index (χ4v) is 3.88. The quantitative estimate of drug-likeness (QED) is 0.650. The van der Waals surface area contributed by atoms with E-state index in [0.717, 1.165) is 5.69 Å². The number of rotatable bonds is 3. The second-order valence-electron chi connectivity index (χ2n) is 7.47. The number of hydrogen-bond donors (Lipinski definition) is 0. The summed E-state index contributed by atoms with van der Waals surface area (Å²) >= 11 is 0. The molecule has 158 valence electrons. The number of hydrogen-bond acceptors (Lipinski definition) is 5. The van der Waals surface area contributed by atoms with Crippen LogP contribution in [0.4, 0.5) is 0 Å². The molecule has 1 unspecified atom stereocenters. The molecule has 0 saturated carbocycles. The van der Waals surface area contributed by atoms with Crippen LogP contribution in [0.1, 0.15) is 10.5 Å². The van der Waals surface area contributed by atoms with Crippen molar-refractivity contribution in [1.29, 1.82) is 0 Å². The summed E-state index contributed by atoms with van der Waals surface area (Å²) in [7, 11) is 0. The molecule has 3 heterocycles. The van der Waals surface area contributed by atoms with E-state index >= 15 is 0 Å². The molecule has 1 fully saturated rings. The van der Waals surface area contributed by atoms with E-state index in [-0.39, 0.29) is 18.4 Å². The number of amides is 2. The normalized spacial score (nSPS) is 18.0. The van der Waals surface area contributed by atoms with E-state index in [2.05, 4.69) is 4.98 Å². The van der Waals surface area contributed by atoms with Crippen LogP contribution in [-0.2, 0) is 4.79 Å². The number of carbonyl (C=O) groups excluding carboxylic acids is 2. The molecule has 0 spiro atoms. The molecule has 0 N–H and O–H groups in total. The molecule has 1 aromatic heterocycles. The van der Waals surface area contributed by atoms with E-state index < -0.39 is 6.10 Å². The lowest BCUT2D eigenvalue weighted by Crippen LogP contribution is -2.55. The average Bonchev–Trinajstić information content (AvgIpc) is 3.33. The van der Waals surface area contributed by atoms with Crippen molar-refractivity contribution in [1.82, 2.24) is 19.4 Å². The zero-order chi connectivity index (χ0) is 21.2. The predicted molar refractivity (Wildman–Crippen MR) is 112 cm³/mol. The summed E-state index contributed by atoms with van der Waals surface area (Å²) in [5.41, 5.74) is 1.39. The van der Waals surface area contributed by atoms with Crippen molar-refractivity contribution in [2.75, 3.05) is 32.8 Å². The van der Waals surface area contributed by atoms with Gasteiger partial charge in [0.1, 0.15) is 12.3 Å². The number of imidazole rings is 1. The van der Waals surface area contributed by atoms with Gasteiger partial charge in [0.15, 0.2) is 11.5 Å². The van der Waals surface area contributed by atoms with E-state index in [4.69, 9.17) is 9.47 Å². The molecule has 2 aromatic carbocycles. The molecule has 5 rings (SSSR count). The van der Waals surface area contributed by atoms with Crippen LogP contribution in [0.5, 0.6) is 11.5 Å². The van der Waals surface area contributed by atoms with Crippen molar-refractivity contribution in [2.24, 2.45) is 0 Å². The van der Waals surface area contributed by atoms with Crippen molar-refractivity contribution < 1.29 is 19.1 Å². The summed E-state index contributed by atoms with van der Waals surface area (Å²) in [4.78, 5) is 33.6. The van der Waals surface area contributed by atoms with E-state index in [1.165, 1.54) is 0 Å². The Hall–Kier alpha value is -3.81. The zero-order valence-corrected chi connectivity index (χ0v) is 16.9. The van der Waals surface area contributed by atoms with Gasteiger partial charge in [0.25, 0.3) is 11.8 Å².